The predicted octanol–water partition coefficient (Wildman–Crippen LogP) is 5.40. The molecule has 1 aromatic heterocycles. The van der Waals surface area contributed by atoms with Crippen molar-refractivity contribution < 1.29 is 23.1 Å². The van der Waals surface area contributed by atoms with E-state index in [2.05, 4.69) is 17.1 Å². The largest absolute Gasteiger partial charge is 0.384 e. The van der Waals surface area contributed by atoms with E-state index in [-0.39, 0.29) is 48.2 Å². The van der Waals surface area contributed by atoms with Gasteiger partial charge in [0.25, 0.3) is 6.43 Å². The van der Waals surface area contributed by atoms with Gasteiger partial charge in [-0.3, -0.25) is 4.79 Å². The molecule has 6 rings (SSSR count). The van der Waals surface area contributed by atoms with Crippen molar-refractivity contribution >= 4 is 16.8 Å². The zero-order chi connectivity index (χ0) is 24.5. The Morgan fingerprint density at radius 1 is 1.06 bits per heavy atom. The van der Waals surface area contributed by atoms with E-state index >= 15 is 0 Å². The standard InChI is InChI=1S/C27H34F3N3O2/c1-26-10-8-18-17-9-11-27(35,25(29)30)13-15(17)2-4-19(18)20(26)5-6-21(26)24(34)14-33-31-22-7-3-16(28)12-23(22)32-33/h3,7,12,15,17-21,25,35H,2,4-6,8-11,13-14H2,1H3/t15-,17+,18-,19-,20+,21-,26+,27-/m1/s1. The van der Waals surface area contributed by atoms with Crippen LogP contribution in [0.2, 0.25) is 0 Å². The van der Waals surface area contributed by atoms with Crippen LogP contribution in [0.3, 0.4) is 0 Å². The average molecular weight is 490 g/mol. The van der Waals surface area contributed by atoms with Gasteiger partial charge in [-0.25, -0.2) is 13.2 Å². The number of ketones is 1. The molecule has 0 unspecified atom stereocenters. The number of hydrogen-bond acceptors (Lipinski definition) is 4. The Labute approximate surface area is 203 Å². The molecule has 0 amide bonds. The number of nitrogens with zero attached hydrogens (tertiary/aromatic N) is 3. The lowest BCUT2D eigenvalue weighted by Crippen LogP contribution is -2.53. The van der Waals surface area contributed by atoms with E-state index in [1.165, 1.54) is 16.9 Å². The molecule has 1 aromatic carbocycles. The van der Waals surface area contributed by atoms with Crippen LogP contribution in [0.1, 0.15) is 64.7 Å². The van der Waals surface area contributed by atoms with E-state index in [1.54, 1.807) is 6.07 Å². The van der Waals surface area contributed by atoms with Gasteiger partial charge in [-0.15, -0.1) is 0 Å². The highest BCUT2D eigenvalue weighted by atomic mass is 19.3. The average Bonchev–Trinajstić information content (AvgIpc) is 3.38. The number of alkyl halides is 2. The van der Waals surface area contributed by atoms with Gasteiger partial charge in [0.15, 0.2) is 5.78 Å². The third kappa shape index (κ3) is 3.73. The van der Waals surface area contributed by atoms with Crippen molar-refractivity contribution in [2.45, 2.75) is 83.3 Å². The molecular weight excluding hydrogens is 455 g/mol. The predicted molar refractivity (Wildman–Crippen MR) is 124 cm³/mol. The third-order valence-electron chi connectivity index (χ3n) is 10.5. The van der Waals surface area contributed by atoms with Crippen LogP contribution < -0.4 is 0 Å². The summed E-state index contributed by atoms with van der Waals surface area (Å²) in [5, 5.41) is 19.1. The Kier molecular flexibility index (Phi) is 5.55. The van der Waals surface area contributed by atoms with Crippen molar-refractivity contribution in [3.63, 3.8) is 0 Å². The molecule has 4 fully saturated rings. The quantitative estimate of drug-likeness (QED) is 0.624. The minimum absolute atomic E-state index is 0.0349. The molecule has 35 heavy (non-hydrogen) atoms. The number of benzene rings is 1. The highest BCUT2D eigenvalue weighted by molar-refractivity contribution is 5.82. The maximum Gasteiger partial charge on any atom is 0.266 e. The van der Waals surface area contributed by atoms with Crippen molar-refractivity contribution in [2.24, 2.45) is 40.9 Å². The normalized spacial score (nSPS) is 41.0. The lowest BCUT2D eigenvalue weighted by molar-refractivity contribution is -0.160. The van der Waals surface area contributed by atoms with Crippen LogP contribution in [0.15, 0.2) is 18.2 Å². The minimum atomic E-state index is -2.67. The summed E-state index contributed by atoms with van der Waals surface area (Å²) in [6.07, 6.45) is 4.32. The summed E-state index contributed by atoms with van der Waals surface area (Å²) in [4.78, 5) is 14.9. The van der Waals surface area contributed by atoms with Gasteiger partial charge in [0.1, 0.15) is 29.0 Å². The monoisotopic (exact) mass is 489 g/mol. The molecule has 4 saturated carbocycles. The van der Waals surface area contributed by atoms with E-state index < -0.39 is 12.0 Å². The van der Waals surface area contributed by atoms with Crippen LogP contribution in [0.4, 0.5) is 13.2 Å². The van der Waals surface area contributed by atoms with Crippen molar-refractivity contribution in [3.05, 3.63) is 24.0 Å². The molecule has 0 radical (unpaired) electrons. The van der Waals surface area contributed by atoms with Crippen LogP contribution in [0, 0.1) is 46.7 Å². The van der Waals surface area contributed by atoms with Gasteiger partial charge in [-0.05, 0) is 105 Å². The SMILES string of the molecule is C[C@]12CC[C@H]3[C@@H](CC[C@@H]4C[C@@](O)(C(F)F)CC[C@@H]43)[C@@H]1CC[C@@H]2C(=O)Cn1nc2ccc(F)cc2n1. The number of hydrogen-bond donors (Lipinski definition) is 1. The molecule has 0 spiro atoms. The first-order valence-electron chi connectivity index (χ1n) is 13.2. The van der Waals surface area contributed by atoms with Crippen LogP contribution in [-0.4, -0.2) is 37.9 Å². The van der Waals surface area contributed by atoms with E-state index in [4.69, 9.17) is 0 Å². The zero-order valence-corrected chi connectivity index (χ0v) is 20.2. The Morgan fingerprint density at radius 3 is 2.63 bits per heavy atom. The van der Waals surface area contributed by atoms with Crippen LogP contribution in [-0.2, 0) is 11.3 Å². The summed E-state index contributed by atoms with van der Waals surface area (Å²) in [6, 6.07) is 4.26. The second kappa shape index (κ2) is 8.29. The number of aromatic nitrogens is 3. The van der Waals surface area contributed by atoms with Crippen LogP contribution in [0.25, 0.3) is 11.0 Å². The van der Waals surface area contributed by atoms with Crippen molar-refractivity contribution in [2.75, 3.05) is 0 Å². The lowest BCUT2D eigenvalue weighted by atomic mass is 9.49. The molecule has 5 nitrogen and oxygen atoms in total. The molecular formula is C27H34F3N3O2. The number of halogens is 3. The molecule has 8 atom stereocenters. The van der Waals surface area contributed by atoms with Crippen LogP contribution >= 0.6 is 0 Å². The van der Waals surface area contributed by atoms with E-state index in [1.807, 2.05) is 0 Å². The first kappa shape index (κ1) is 23.4. The lowest BCUT2D eigenvalue weighted by Gasteiger charge is -2.57. The van der Waals surface area contributed by atoms with Crippen molar-refractivity contribution in [3.8, 4) is 0 Å². The molecule has 190 valence electrons. The number of carbonyl (C=O) groups excluding carboxylic acids is 1. The minimum Gasteiger partial charge on any atom is -0.384 e. The number of aliphatic hydroxyl groups is 1. The fourth-order valence-electron chi connectivity index (χ4n) is 8.89. The number of Topliss-reactive ketones (excluding diaryl/α,β-unsaturated/α-hetero) is 1. The molecule has 0 saturated heterocycles. The molecule has 1 heterocycles. The summed E-state index contributed by atoms with van der Waals surface area (Å²) >= 11 is 0. The highest BCUT2D eigenvalue weighted by Gasteiger charge is 2.59. The maximum atomic E-state index is 13.5. The van der Waals surface area contributed by atoms with Crippen molar-refractivity contribution in [1.82, 2.24) is 15.0 Å². The second-order valence-corrected chi connectivity index (χ2v) is 12.1. The third-order valence-corrected chi connectivity index (χ3v) is 10.5. The van der Waals surface area contributed by atoms with Gasteiger partial charge >= 0.3 is 0 Å². The second-order valence-electron chi connectivity index (χ2n) is 12.1. The van der Waals surface area contributed by atoms with E-state index in [0.717, 1.165) is 38.5 Å². The fourth-order valence-corrected chi connectivity index (χ4v) is 8.89. The molecule has 4 aliphatic carbocycles. The van der Waals surface area contributed by atoms with Gasteiger partial charge in [-0.2, -0.15) is 15.0 Å². The summed E-state index contributed by atoms with van der Waals surface area (Å²) in [6.45, 7) is 2.39. The van der Waals surface area contributed by atoms with Gasteiger partial charge in [0.2, 0.25) is 0 Å². The summed E-state index contributed by atoms with van der Waals surface area (Å²) in [7, 11) is 0. The molecule has 2 aromatic rings. The van der Waals surface area contributed by atoms with Crippen molar-refractivity contribution in [1.29, 1.82) is 0 Å². The number of carbonyl (C=O) groups is 1. The molecule has 4 aliphatic rings. The Morgan fingerprint density at radius 2 is 1.83 bits per heavy atom. The summed E-state index contributed by atoms with van der Waals surface area (Å²) < 4.78 is 40.4. The van der Waals surface area contributed by atoms with Gasteiger partial charge < -0.3 is 5.11 Å². The van der Waals surface area contributed by atoms with E-state index in [9.17, 15) is 23.1 Å². The number of fused-ring (bicyclic) bond motifs is 6. The fraction of sp³-hybridized carbons (Fsp3) is 0.741. The first-order valence-corrected chi connectivity index (χ1v) is 13.2. The summed E-state index contributed by atoms with van der Waals surface area (Å²) in [5.41, 5.74) is -0.823. The topological polar surface area (TPSA) is 68.0 Å². The highest BCUT2D eigenvalue weighted by Crippen LogP contribution is 2.65. The molecule has 0 bridgehead atoms. The molecule has 0 aliphatic heterocycles. The summed E-state index contributed by atoms with van der Waals surface area (Å²) in [5.74, 6) is 1.91. The van der Waals surface area contributed by atoms with Gasteiger partial charge in [0, 0.05) is 12.0 Å². The van der Waals surface area contributed by atoms with Crippen LogP contribution in [0.5, 0.6) is 0 Å². The van der Waals surface area contributed by atoms with E-state index in [0.29, 0.717) is 41.1 Å². The van der Waals surface area contributed by atoms with Gasteiger partial charge in [0.05, 0.1) is 0 Å². The first-order chi connectivity index (χ1) is 16.7. The molecule has 1 N–H and O–H groups in total. The Hall–Kier alpha value is -1.96. The molecule has 8 heteroatoms. The maximum absolute atomic E-state index is 13.5. The van der Waals surface area contributed by atoms with Gasteiger partial charge in [-0.1, -0.05) is 6.92 Å². The smallest absolute Gasteiger partial charge is 0.266 e. The Balaban J connectivity index is 1.16. The zero-order valence-electron chi connectivity index (χ0n) is 20.2. The Bertz CT molecular complexity index is 1140. The number of rotatable bonds is 4.